The van der Waals surface area contributed by atoms with Crippen molar-refractivity contribution in [2.24, 2.45) is 11.6 Å². The van der Waals surface area contributed by atoms with E-state index in [0.717, 1.165) is 17.8 Å². The van der Waals surface area contributed by atoms with Crippen molar-refractivity contribution in [3.8, 4) is 0 Å². The normalized spacial score (nSPS) is 12.0. The molecule has 0 unspecified atom stereocenters. The first-order chi connectivity index (χ1) is 12.7. The average Bonchev–Trinajstić information content (AvgIpc) is 3.02. The molecular weight excluding hydrogens is 322 g/mol. The van der Waals surface area contributed by atoms with Gasteiger partial charge in [-0.1, -0.05) is 18.2 Å². The van der Waals surface area contributed by atoms with Crippen LogP contribution < -0.4 is 16.6 Å². The zero-order valence-corrected chi connectivity index (χ0v) is 14.6. The Kier molecular flexibility index (Phi) is 4.07. The SMILES string of the molecule is CCn1c2ccccc2c2cc(N(N)/C(=C\N)c3cccnc3)ccc21. The lowest BCUT2D eigenvalue weighted by Crippen LogP contribution is -2.29. The summed E-state index contributed by atoms with van der Waals surface area (Å²) in [7, 11) is 0. The van der Waals surface area contributed by atoms with Crippen molar-refractivity contribution in [2.75, 3.05) is 5.01 Å². The summed E-state index contributed by atoms with van der Waals surface area (Å²) < 4.78 is 2.32. The molecule has 0 bridgehead atoms. The Morgan fingerprint density at radius 2 is 1.88 bits per heavy atom. The summed E-state index contributed by atoms with van der Waals surface area (Å²) in [6, 6.07) is 18.5. The second-order valence-electron chi connectivity index (χ2n) is 6.13. The van der Waals surface area contributed by atoms with Gasteiger partial charge < -0.3 is 10.3 Å². The topological polar surface area (TPSA) is 73.1 Å². The van der Waals surface area contributed by atoms with Crippen LogP contribution in [-0.2, 0) is 6.54 Å². The van der Waals surface area contributed by atoms with Gasteiger partial charge in [-0.3, -0.25) is 9.99 Å². The van der Waals surface area contributed by atoms with Crippen LogP contribution in [0.5, 0.6) is 0 Å². The number of pyridine rings is 1. The van der Waals surface area contributed by atoms with Gasteiger partial charge in [0.1, 0.15) is 0 Å². The van der Waals surface area contributed by atoms with Gasteiger partial charge in [0, 0.05) is 52.5 Å². The van der Waals surface area contributed by atoms with Crippen molar-refractivity contribution in [1.82, 2.24) is 9.55 Å². The number of hydrazine groups is 1. The Morgan fingerprint density at radius 3 is 2.62 bits per heavy atom. The summed E-state index contributed by atoms with van der Waals surface area (Å²) in [5.74, 6) is 6.41. The van der Waals surface area contributed by atoms with Crippen molar-refractivity contribution in [3.05, 3.63) is 78.8 Å². The summed E-state index contributed by atoms with van der Waals surface area (Å²) >= 11 is 0. The number of para-hydroxylation sites is 1. The molecule has 2 heterocycles. The molecule has 2 aromatic heterocycles. The van der Waals surface area contributed by atoms with Gasteiger partial charge in [-0.2, -0.15) is 0 Å². The molecule has 4 N–H and O–H groups in total. The molecule has 2 aromatic carbocycles. The van der Waals surface area contributed by atoms with E-state index in [-0.39, 0.29) is 0 Å². The van der Waals surface area contributed by atoms with Crippen LogP contribution in [0.1, 0.15) is 12.5 Å². The summed E-state index contributed by atoms with van der Waals surface area (Å²) in [4.78, 5) is 4.15. The molecule has 130 valence electrons. The van der Waals surface area contributed by atoms with Crippen molar-refractivity contribution in [2.45, 2.75) is 13.5 Å². The second-order valence-corrected chi connectivity index (χ2v) is 6.13. The predicted octanol–water partition coefficient (Wildman–Crippen LogP) is 3.85. The van der Waals surface area contributed by atoms with Gasteiger partial charge in [-0.15, -0.1) is 0 Å². The second kappa shape index (κ2) is 6.54. The van der Waals surface area contributed by atoms with E-state index in [1.807, 2.05) is 18.2 Å². The molecule has 0 radical (unpaired) electrons. The van der Waals surface area contributed by atoms with Gasteiger partial charge in [-0.05, 0) is 43.3 Å². The Bertz CT molecular complexity index is 1100. The minimum atomic E-state index is 0.705. The summed E-state index contributed by atoms with van der Waals surface area (Å²) in [5, 5.41) is 4.01. The highest BCUT2D eigenvalue weighted by Crippen LogP contribution is 2.33. The molecule has 0 spiro atoms. The Balaban J connectivity index is 1.86. The molecule has 0 aliphatic heterocycles. The Morgan fingerprint density at radius 1 is 1.08 bits per heavy atom. The highest BCUT2D eigenvalue weighted by atomic mass is 15.4. The smallest absolute Gasteiger partial charge is 0.0817 e. The third-order valence-electron chi connectivity index (χ3n) is 4.73. The third-order valence-corrected chi connectivity index (χ3v) is 4.73. The van der Waals surface area contributed by atoms with Crippen LogP contribution in [0, 0.1) is 0 Å². The number of nitrogens with two attached hydrogens (primary N) is 2. The maximum absolute atomic E-state index is 6.41. The van der Waals surface area contributed by atoms with Crippen LogP contribution in [0.25, 0.3) is 27.5 Å². The van der Waals surface area contributed by atoms with Crippen LogP contribution in [0.3, 0.4) is 0 Å². The Labute approximate surface area is 152 Å². The van der Waals surface area contributed by atoms with Gasteiger partial charge in [0.2, 0.25) is 0 Å². The number of fused-ring (bicyclic) bond motifs is 3. The number of aryl methyl sites for hydroxylation is 1. The molecule has 0 aliphatic rings. The standard InChI is InChI=1S/C21H21N5/c1-2-25-19-8-4-3-7-17(19)18-12-16(9-10-20(18)25)26(23)21(13-22)15-6-5-11-24-14-15/h3-14H,2,22-23H2,1H3/b21-13-. The summed E-state index contributed by atoms with van der Waals surface area (Å²) in [6.45, 7) is 3.08. The minimum Gasteiger partial charge on any atom is -0.403 e. The van der Waals surface area contributed by atoms with Crippen LogP contribution in [0.4, 0.5) is 5.69 Å². The predicted molar refractivity (Wildman–Crippen MR) is 108 cm³/mol. The first kappa shape index (κ1) is 16.2. The molecule has 0 atom stereocenters. The molecule has 0 saturated heterocycles. The number of aromatic nitrogens is 2. The van der Waals surface area contributed by atoms with Gasteiger partial charge in [0.25, 0.3) is 0 Å². The highest BCUT2D eigenvalue weighted by molar-refractivity contribution is 6.09. The first-order valence-electron chi connectivity index (χ1n) is 8.62. The van der Waals surface area contributed by atoms with E-state index >= 15 is 0 Å². The maximum Gasteiger partial charge on any atom is 0.0817 e. The van der Waals surface area contributed by atoms with Crippen molar-refractivity contribution in [1.29, 1.82) is 0 Å². The minimum absolute atomic E-state index is 0.705. The lowest BCUT2D eigenvalue weighted by Gasteiger charge is -2.22. The maximum atomic E-state index is 6.41. The van der Waals surface area contributed by atoms with E-state index in [1.165, 1.54) is 28.0 Å². The number of hydrogen-bond acceptors (Lipinski definition) is 4. The van der Waals surface area contributed by atoms with Crippen LogP contribution in [-0.4, -0.2) is 9.55 Å². The largest absolute Gasteiger partial charge is 0.403 e. The van der Waals surface area contributed by atoms with E-state index in [0.29, 0.717) is 5.70 Å². The molecule has 4 rings (SSSR count). The summed E-state index contributed by atoms with van der Waals surface area (Å²) in [5.41, 5.74) is 10.7. The quantitative estimate of drug-likeness (QED) is 0.436. The summed E-state index contributed by atoms with van der Waals surface area (Å²) in [6.07, 6.45) is 4.99. The van der Waals surface area contributed by atoms with Gasteiger partial charge in [0.15, 0.2) is 0 Å². The molecule has 5 heteroatoms. The molecule has 26 heavy (non-hydrogen) atoms. The average molecular weight is 343 g/mol. The van der Waals surface area contributed by atoms with Crippen LogP contribution >= 0.6 is 0 Å². The van der Waals surface area contributed by atoms with Gasteiger partial charge in [0.05, 0.1) is 11.4 Å². The van der Waals surface area contributed by atoms with E-state index in [2.05, 4.69) is 52.9 Å². The number of rotatable bonds is 4. The molecule has 0 saturated carbocycles. The number of benzene rings is 2. The molecule has 0 fully saturated rings. The van der Waals surface area contributed by atoms with E-state index < -0.39 is 0 Å². The van der Waals surface area contributed by atoms with Crippen molar-refractivity contribution < 1.29 is 0 Å². The number of nitrogens with zero attached hydrogens (tertiary/aromatic N) is 3. The monoisotopic (exact) mass is 343 g/mol. The molecule has 4 aromatic rings. The molecule has 5 nitrogen and oxygen atoms in total. The number of hydrogen-bond donors (Lipinski definition) is 2. The third kappa shape index (κ3) is 2.50. The highest BCUT2D eigenvalue weighted by Gasteiger charge is 2.14. The molecular formula is C21H21N5. The fourth-order valence-corrected chi connectivity index (χ4v) is 3.50. The van der Waals surface area contributed by atoms with E-state index in [9.17, 15) is 0 Å². The fourth-order valence-electron chi connectivity index (χ4n) is 3.50. The Hall–Kier alpha value is -3.31. The van der Waals surface area contributed by atoms with Crippen molar-refractivity contribution >= 4 is 33.2 Å². The van der Waals surface area contributed by atoms with Crippen LogP contribution in [0.2, 0.25) is 0 Å². The van der Waals surface area contributed by atoms with Crippen LogP contribution in [0.15, 0.2) is 73.2 Å². The van der Waals surface area contributed by atoms with Gasteiger partial charge in [-0.25, -0.2) is 5.84 Å². The van der Waals surface area contributed by atoms with Crippen molar-refractivity contribution in [3.63, 3.8) is 0 Å². The van der Waals surface area contributed by atoms with E-state index in [1.54, 1.807) is 17.4 Å². The lowest BCUT2D eigenvalue weighted by molar-refractivity contribution is 0.827. The molecule has 0 amide bonds. The lowest BCUT2D eigenvalue weighted by atomic mass is 10.1. The molecule has 0 aliphatic carbocycles. The number of anilines is 1. The fraction of sp³-hybridized carbons (Fsp3) is 0.0952. The van der Waals surface area contributed by atoms with Gasteiger partial charge >= 0.3 is 0 Å². The first-order valence-corrected chi connectivity index (χ1v) is 8.62. The zero-order chi connectivity index (χ0) is 18.1. The zero-order valence-electron chi connectivity index (χ0n) is 14.6. The van der Waals surface area contributed by atoms with E-state index in [4.69, 9.17) is 11.6 Å².